The lowest BCUT2D eigenvalue weighted by atomic mass is 10.1. The molecule has 4 heteroatoms. The first-order valence-electron chi connectivity index (χ1n) is 6.74. The Balaban J connectivity index is 0.00000200. The first-order valence-corrected chi connectivity index (χ1v) is 6.74. The number of aromatic nitrogens is 1. The molecular weight excluding hydrogens is 272 g/mol. The average Bonchev–Trinajstić information content (AvgIpc) is 2.40. The summed E-state index contributed by atoms with van der Waals surface area (Å²) in [6.45, 7) is 4.77. The summed E-state index contributed by atoms with van der Waals surface area (Å²) in [5.74, 6) is 0.831. The molecule has 108 valence electrons. The van der Waals surface area contributed by atoms with Gasteiger partial charge in [0.05, 0.1) is 17.8 Å². The summed E-state index contributed by atoms with van der Waals surface area (Å²) >= 11 is 0. The Morgan fingerprint density at radius 1 is 1.25 bits per heavy atom. The second-order valence-electron chi connectivity index (χ2n) is 4.44. The predicted octanol–water partition coefficient (Wildman–Crippen LogP) is 4.45. The molecule has 0 amide bonds. The van der Waals surface area contributed by atoms with Gasteiger partial charge in [0.15, 0.2) is 0 Å². The number of nitrogens with zero attached hydrogens (tertiary/aromatic N) is 1. The number of pyridine rings is 1. The highest BCUT2D eigenvalue weighted by Gasteiger charge is 2.03. The van der Waals surface area contributed by atoms with Gasteiger partial charge in [-0.25, -0.2) is 4.98 Å². The number of fused-ring (bicyclic) bond motifs is 1. The van der Waals surface area contributed by atoms with Crippen LogP contribution in [-0.4, -0.2) is 11.6 Å². The van der Waals surface area contributed by atoms with E-state index in [4.69, 9.17) is 10.5 Å². The van der Waals surface area contributed by atoms with Gasteiger partial charge in [-0.05, 0) is 43.7 Å². The molecule has 1 heterocycles. The number of allylic oxidation sites excluding steroid dienone is 1. The summed E-state index contributed by atoms with van der Waals surface area (Å²) in [7, 11) is 0. The number of halogens is 1. The molecule has 0 saturated heterocycles. The van der Waals surface area contributed by atoms with E-state index in [1.165, 1.54) is 0 Å². The van der Waals surface area contributed by atoms with Crippen molar-refractivity contribution in [3.05, 3.63) is 36.0 Å². The predicted molar refractivity (Wildman–Crippen MR) is 88.5 cm³/mol. The van der Waals surface area contributed by atoms with Crippen LogP contribution in [0, 0.1) is 0 Å². The van der Waals surface area contributed by atoms with Crippen molar-refractivity contribution in [2.24, 2.45) is 0 Å². The molecule has 0 aliphatic carbocycles. The van der Waals surface area contributed by atoms with Gasteiger partial charge in [-0.3, -0.25) is 0 Å². The summed E-state index contributed by atoms with van der Waals surface area (Å²) < 4.78 is 5.48. The fourth-order valence-corrected chi connectivity index (χ4v) is 1.96. The van der Waals surface area contributed by atoms with Gasteiger partial charge in [0.1, 0.15) is 5.75 Å². The maximum Gasteiger partial charge on any atom is 0.120 e. The molecule has 0 aliphatic rings. The summed E-state index contributed by atoms with van der Waals surface area (Å²) in [4.78, 5) is 4.59. The standard InChI is InChI=1S/C16H20N2O.ClH/c1-3-5-6-7-12-10-15(17)14-11-13(19-4-2)8-9-16(14)18-12;/h6-11H,3-5H2,1-2H3,(H2,17,18);1H. The van der Waals surface area contributed by atoms with E-state index in [9.17, 15) is 0 Å². The number of anilines is 1. The highest BCUT2D eigenvalue weighted by molar-refractivity contribution is 5.92. The average molecular weight is 293 g/mol. The van der Waals surface area contributed by atoms with Crippen molar-refractivity contribution < 1.29 is 4.74 Å². The molecule has 3 nitrogen and oxygen atoms in total. The molecule has 0 aliphatic heterocycles. The van der Waals surface area contributed by atoms with Gasteiger partial charge in [-0.2, -0.15) is 0 Å². The molecule has 0 bridgehead atoms. The zero-order valence-corrected chi connectivity index (χ0v) is 12.7. The second-order valence-corrected chi connectivity index (χ2v) is 4.44. The van der Waals surface area contributed by atoms with Gasteiger partial charge >= 0.3 is 0 Å². The lowest BCUT2D eigenvalue weighted by molar-refractivity contribution is 0.340. The molecule has 0 unspecified atom stereocenters. The van der Waals surface area contributed by atoms with Crippen LogP contribution < -0.4 is 10.5 Å². The number of hydrogen-bond acceptors (Lipinski definition) is 3. The highest BCUT2D eigenvalue weighted by atomic mass is 35.5. The number of ether oxygens (including phenoxy) is 1. The van der Waals surface area contributed by atoms with Crippen molar-refractivity contribution in [3.8, 4) is 5.75 Å². The van der Waals surface area contributed by atoms with Crippen LogP contribution in [0.4, 0.5) is 5.69 Å². The number of hydrogen-bond donors (Lipinski definition) is 1. The number of rotatable bonds is 5. The smallest absolute Gasteiger partial charge is 0.120 e. The van der Waals surface area contributed by atoms with E-state index >= 15 is 0 Å². The van der Waals surface area contributed by atoms with Crippen molar-refractivity contribution in [2.75, 3.05) is 12.3 Å². The van der Waals surface area contributed by atoms with Crippen LogP contribution in [0.1, 0.15) is 32.4 Å². The minimum Gasteiger partial charge on any atom is -0.494 e. The fourth-order valence-electron chi connectivity index (χ4n) is 1.96. The number of unbranched alkanes of at least 4 members (excludes halogenated alkanes) is 1. The van der Waals surface area contributed by atoms with E-state index in [1.54, 1.807) is 0 Å². The minimum absolute atomic E-state index is 0. The second kappa shape index (κ2) is 7.75. The molecule has 1 aromatic carbocycles. The third kappa shape index (κ3) is 3.87. The van der Waals surface area contributed by atoms with Crippen LogP contribution >= 0.6 is 12.4 Å². The van der Waals surface area contributed by atoms with Crippen LogP contribution in [0.25, 0.3) is 17.0 Å². The zero-order chi connectivity index (χ0) is 13.7. The highest BCUT2D eigenvalue weighted by Crippen LogP contribution is 2.25. The van der Waals surface area contributed by atoms with Crippen LogP contribution in [0.3, 0.4) is 0 Å². The Hall–Kier alpha value is -1.74. The zero-order valence-electron chi connectivity index (χ0n) is 11.9. The van der Waals surface area contributed by atoms with E-state index in [0.29, 0.717) is 6.61 Å². The van der Waals surface area contributed by atoms with E-state index in [1.807, 2.05) is 37.3 Å². The molecule has 20 heavy (non-hydrogen) atoms. The quantitative estimate of drug-likeness (QED) is 0.885. The fraction of sp³-hybridized carbons (Fsp3) is 0.312. The summed E-state index contributed by atoms with van der Waals surface area (Å²) in [6.07, 6.45) is 6.35. The van der Waals surface area contributed by atoms with Gasteiger partial charge in [-0.1, -0.05) is 19.4 Å². The van der Waals surface area contributed by atoms with E-state index in [2.05, 4.69) is 18.0 Å². The molecule has 0 saturated carbocycles. The van der Waals surface area contributed by atoms with Gasteiger partial charge in [0.25, 0.3) is 0 Å². The SMILES string of the molecule is CCCC=Cc1cc(N)c2cc(OCC)ccc2n1.Cl. The topological polar surface area (TPSA) is 48.1 Å². The monoisotopic (exact) mass is 292 g/mol. The molecule has 0 atom stereocenters. The van der Waals surface area contributed by atoms with E-state index in [-0.39, 0.29) is 12.4 Å². The molecule has 1 aromatic heterocycles. The Kier molecular flexibility index (Phi) is 6.32. The van der Waals surface area contributed by atoms with Gasteiger partial charge in [0, 0.05) is 11.1 Å². The van der Waals surface area contributed by atoms with Gasteiger partial charge in [-0.15, -0.1) is 12.4 Å². The summed E-state index contributed by atoms with van der Waals surface area (Å²) in [5.41, 5.74) is 8.64. The minimum atomic E-state index is 0. The van der Waals surface area contributed by atoms with Crippen molar-refractivity contribution in [1.29, 1.82) is 0 Å². The molecular formula is C16H21ClN2O. The summed E-state index contributed by atoms with van der Waals surface area (Å²) in [6, 6.07) is 7.73. The Morgan fingerprint density at radius 2 is 2.05 bits per heavy atom. The van der Waals surface area contributed by atoms with E-state index < -0.39 is 0 Å². The van der Waals surface area contributed by atoms with Crippen molar-refractivity contribution in [3.63, 3.8) is 0 Å². The van der Waals surface area contributed by atoms with Crippen LogP contribution in [0.5, 0.6) is 5.75 Å². The number of nitrogen functional groups attached to an aromatic ring is 1. The molecule has 0 spiro atoms. The molecule has 2 N–H and O–H groups in total. The van der Waals surface area contributed by atoms with Crippen molar-refractivity contribution in [2.45, 2.75) is 26.7 Å². The maximum atomic E-state index is 6.10. The largest absolute Gasteiger partial charge is 0.494 e. The molecule has 2 rings (SSSR count). The summed E-state index contributed by atoms with van der Waals surface area (Å²) in [5, 5.41) is 0.943. The third-order valence-electron chi connectivity index (χ3n) is 2.89. The number of nitrogens with two attached hydrogens (primary N) is 1. The Bertz CT molecular complexity index is 596. The lowest BCUT2D eigenvalue weighted by Crippen LogP contribution is -1.95. The first-order chi connectivity index (χ1) is 9.24. The lowest BCUT2D eigenvalue weighted by Gasteiger charge is -2.07. The maximum absolute atomic E-state index is 6.10. The Morgan fingerprint density at radius 3 is 2.75 bits per heavy atom. The van der Waals surface area contributed by atoms with Crippen LogP contribution in [0.15, 0.2) is 30.3 Å². The number of benzene rings is 1. The molecule has 0 radical (unpaired) electrons. The van der Waals surface area contributed by atoms with E-state index in [0.717, 1.165) is 40.9 Å². The van der Waals surface area contributed by atoms with Crippen LogP contribution in [-0.2, 0) is 0 Å². The van der Waals surface area contributed by atoms with Crippen LogP contribution in [0.2, 0.25) is 0 Å². The van der Waals surface area contributed by atoms with Crippen molar-refractivity contribution in [1.82, 2.24) is 4.98 Å². The normalized spacial score (nSPS) is 10.7. The first kappa shape index (κ1) is 16.3. The third-order valence-corrected chi connectivity index (χ3v) is 2.89. The van der Waals surface area contributed by atoms with Gasteiger partial charge in [0.2, 0.25) is 0 Å². The molecule has 2 aromatic rings. The Labute approximate surface area is 126 Å². The van der Waals surface area contributed by atoms with Crippen molar-refractivity contribution >= 4 is 35.1 Å². The van der Waals surface area contributed by atoms with Gasteiger partial charge < -0.3 is 10.5 Å². The molecule has 0 fully saturated rings.